The highest BCUT2D eigenvalue weighted by molar-refractivity contribution is 5.94. The van der Waals surface area contributed by atoms with Crippen molar-refractivity contribution in [2.45, 2.75) is 20.3 Å². The van der Waals surface area contributed by atoms with Gasteiger partial charge < -0.3 is 20.7 Å². The zero-order valence-electron chi connectivity index (χ0n) is 11.4. The first kappa shape index (κ1) is 14.8. The second-order valence-corrected chi connectivity index (χ2v) is 3.98. The first-order valence-electron chi connectivity index (χ1n) is 6.07. The van der Waals surface area contributed by atoms with Crippen molar-refractivity contribution in [3.8, 4) is 5.75 Å². The van der Waals surface area contributed by atoms with Crippen LogP contribution in [0.2, 0.25) is 0 Å². The molecule has 0 saturated carbocycles. The lowest BCUT2D eigenvalue weighted by molar-refractivity contribution is -0.114. The van der Waals surface area contributed by atoms with E-state index in [1.54, 1.807) is 18.2 Å². The fourth-order valence-electron chi connectivity index (χ4n) is 1.49. The molecule has 104 valence electrons. The number of nitrogens with one attached hydrogen (secondary N) is 3. The van der Waals surface area contributed by atoms with E-state index in [0.29, 0.717) is 23.7 Å². The summed E-state index contributed by atoms with van der Waals surface area (Å²) in [6.45, 7) is 3.99. The van der Waals surface area contributed by atoms with Crippen LogP contribution in [-0.4, -0.2) is 25.6 Å². The molecular formula is C13H19N3O3. The Morgan fingerprint density at radius 2 is 2.00 bits per heavy atom. The first-order chi connectivity index (χ1) is 9.06. The number of carbonyl (C=O) groups is 2. The van der Waals surface area contributed by atoms with Crippen LogP contribution in [0.5, 0.6) is 5.75 Å². The minimum atomic E-state index is -0.305. The van der Waals surface area contributed by atoms with Crippen LogP contribution in [0.3, 0.4) is 0 Å². The molecule has 6 nitrogen and oxygen atoms in total. The number of urea groups is 1. The Kier molecular flexibility index (Phi) is 5.66. The molecule has 1 aromatic carbocycles. The molecule has 1 aromatic rings. The van der Waals surface area contributed by atoms with Crippen LogP contribution in [0.4, 0.5) is 16.2 Å². The van der Waals surface area contributed by atoms with Gasteiger partial charge in [-0.05, 0) is 24.6 Å². The summed E-state index contributed by atoms with van der Waals surface area (Å²) in [6, 6.07) is 4.72. The quantitative estimate of drug-likeness (QED) is 0.763. The van der Waals surface area contributed by atoms with Crippen molar-refractivity contribution < 1.29 is 14.3 Å². The molecule has 0 aliphatic heterocycles. The van der Waals surface area contributed by atoms with Crippen molar-refractivity contribution in [2.75, 3.05) is 24.3 Å². The Morgan fingerprint density at radius 3 is 2.58 bits per heavy atom. The lowest BCUT2D eigenvalue weighted by atomic mass is 10.2. The molecule has 0 fully saturated rings. The molecule has 3 amide bonds. The number of hydrogen-bond donors (Lipinski definition) is 3. The SMILES string of the molecule is CCCNC(=O)Nc1cc(NC(C)=O)ccc1OC. The summed E-state index contributed by atoms with van der Waals surface area (Å²) in [7, 11) is 1.52. The first-order valence-corrected chi connectivity index (χ1v) is 6.07. The minimum Gasteiger partial charge on any atom is -0.495 e. The van der Waals surface area contributed by atoms with Gasteiger partial charge in [0.25, 0.3) is 0 Å². The van der Waals surface area contributed by atoms with E-state index in [1.807, 2.05) is 6.92 Å². The molecule has 0 aliphatic rings. The smallest absolute Gasteiger partial charge is 0.319 e. The minimum absolute atomic E-state index is 0.174. The van der Waals surface area contributed by atoms with E-state index in [2.05, 4.69) is 16.0 Å². The number of carbonyl (C=O) groups excluding carboxylic acids is 2. The summed E-state index contributed by atoms with van der Waals surface area (Å²) >= 11 is 0. The summed E-state index contributed by atoms with van der Waals surface area (Å²) in [4.78, 5) is 22.6. The van der Waals surface area contributed by atoms with Gasteiger partial charge in [-0.3, -0.25) is 4.79 Å². The molecule has 0 aliphatic carbocycles. The van der Waals surface area contributed by atoms with Crippen LogP contribution in [0.15, 0.2) is 18.2 Å². The van der Waals surface area contributed by atoms with Gasteiger partial charge in [0.1, 0.15) is 5.75 Å². The number of hydrogen-bond acceptors (Lipinski definition) is 3. The highest BCUT2D eigenvalue weighted by Crippen LogP contribution is 2.27. The van der Waals surface area contributed by atoms with Crippen LogP contribution in [0.25, 0.3) is 0 Å². The van der Waals surface area contributed by atoms with Crippen molar-refractivity contribution >= 4 is 23.3 Å². The Labute approximate surface area is 112 Å². The molecule has 1 rings (SSSR count). The summed E-state index contributed by atoms with van der Waals surface area (Å²) in [6.07, 6.45) is 0.858. The lowest BCUT2D eigenvalue weighted by Crippen LogP contribution is -2.29. The maximum Gasteiger partial charge on any atom is 0.319 e. The van der Waals surface area contributed by atoms with Crippen LogP contribution in [0, 0.1) is 0 Å². The van der Waals surface area contributed by atoms with E-state index in [9.17, 15) is 9.59 Å². The predicted octanol–water partition coefficient (Wildman–Crippen LogP) is 2.19. The van der Waals surface area contributed by atoms with Crippen molar-refractivity contribution in [1.82, 2.24) is 5.32 Å². The zero-order valence-corrected chi connectivity index (χ0v) is 11.4. The molecule has 0 saturated heterocycles. The van der Waals surface area contributed by atoms with Crippen LogP contribution in [-0.2, 0) is 4.79 Å². The van der Waals surface area contributed by atoms with Crippen molar-refractivity contribution in [3.05, 3.63) is 18.2 Å². The van der Waals surface area contributed by atoms with Gasteiger partial charge in [0.05, 0.1) is 12.8 Å². The van der Waals surface area contributed by atoms with Crippen molar-refractivity contribution in [2.24, 2.45) is 0 Å². The molecule has 0 atom stereocenters. The van der Waals surface area contributed by atoms with Gasteiger partial charge >= 0.3 is 6.03 Å². The van der Waals surface area contributed by atoms with Crippen molar-refractivity contribution in [1.29, 1.82) is 0 Å². The van der Waals surface area contributed by atoms with E-state index in [-0.39, 0.29) is 11.9 Å². The van der Waals surface area contributed by atoms with Crippen molar-refractivity contribution in [3.63, 3.8) is 0 Å². The second kappa shape index (κ2) is 7.25. The molecule has 0 heterocycles. The second-order valence-electron chi connectivity index (χ2n) is 3.98. The fraction of sp³-hybridized carbons (Fsp3) is 0.385. The summed E-state index contributed by atoms with van der Waals surface area (Å²) in [5.41, 5.74) is 1.10. The number of anilines is 2. The van der Waals surface area contributed by atoms with Gasteiger partial charge in [-0.2, -0.15) is 0 Å². The standard InChI is InChI=1S/C13H19N3O3/c1-4-7-14-13(18)16-11-8-10(15-9(2)17)5-6-12(11)19-3/h5-6,8H,4,7H2,1-3H3,(H,15,17)(H2,14,16,18). The number of benzene rings is 1. The number of methoxy groups -OCH3 is 1. The Hall–Kier alpha value is -2.24. The predicted molar refractivity (Wildman–Crippen MR) is 74.6 cm³/mol. The fourth-order valence-corrected chi connectivity index (χ4v) is 1.49. The van der Waals surface area contributed by atoms with Gasteiger partial charge in [0, 0.05) is 19.2 Å². The lowest BCUT2D eigenvalue weighted by Gasteiger charge is -2.12. The summed E-state index contributed by atoms with van der Waals surface area (Å²) < 4.78 is 5.16. The topological polar surface area (TPSA) is 79.5 Å². The molecule has 0 unspecified atom stereocenters. The maximum absolute atomic E-state index is 11.6. The third-order valence-electron chi connectivity index (χ3n) is 2.30. The molecule has 0 radical (unpaired) electrons. The Bertz CT molecular complexity index is 460. The van der Waals surface area contributed by atoms with E-state index in [4.69, 9.17) is 4.74 Å². The Morgan fingerprint density at radius 1 is 1.26 bits per heavy atom. The van der Waals surface area contributed by atoms with E-state index in [1.165, 1.54) is 14.0 Å². The van der Waals surface area contributed by atoms with Gasteiger partial charge in [0.2, 0.25) is 5.91 Å². The normalized spacial score (nSPS) is 9.63. The number of rotatable bonds is 5. The highest BCUT2D eigenvalue weighted by atomic mass is 16.5. The summed E-state index contributed by atoms with van der Waals surface area (Å²) in [5.74, 6) is 0.354. The highest BCUT2D eigenvalue weighted by Gasteiger charge is 2.08. The largest absolute Gasteiger partial charge is 0.495 e. The maximum atomic E-state index is 11.6. The van der Waals surface area contributed by atoms with Gasteiger partial charge in [0.15, 0.2) is 0 Å². The molecule has 6 heteroatoms. The number of ether oxygens (including phenoxy) is 1. The Balaban J connectivity index is 2.83. The molecule has 0 bridgehead atoms. The molecule has 3 N–H and O–H groups in total. The van der Waals surface area contributed by atoms with Gasteiger partial charge in [-0.15, -0.1) is 0 Å². The van der Waals surface area contributed by atoms with E-state index < -0.39 is 0 Å². The third-order valence-corrected chi connectivity index (χ3v) is 2.30. The average molecular weight is 265 g/mol. The zero-order chi connectivity index (χ0) is 14.3. The molecular weight excluding hydrogens is 246 g/mol. The molecule has 0 spiro atoms. The van der Waals surface area contributed by atoms with Crippen LogP contribution < -0.4 is 20.7 Å². The monoisotopic (exact) mass is 265 g/mol. The molecule has 19 heavy (non-hydrogen) atoms. The van der Waals surface area contributed by atoms with Crippen LogP contribution in [0.1, 0.15) is 20.3 Å². The van der Waals surface area contributed by atoms with E-state index >= 15 is 0 Å². The summed E-state index contributed by atoms with van der Waals surface area (Å²) in [5, 5.41) is 8.03. The van der Waals surface area contributed by atoms with E-state index in [0.717, 1.165) is 6.42 Å². The third kappa shape index (κ3) is 4.87. The van der Waals surface area contributed by atoms with Crippen LogP contribution >= 0.6 is 0 Å². The van der Waals surface area contributed by atoms with Gasteiger partial charge in [-0.1, -0.05) is 6.92 Å². The number of amides is 3. The average Bonchev–Trinajstić information content (AvgIpc) is 2.36. The molecule has 0 aromatic heterocycles. The van der Waals surface area contributed by atoms with Gasteiger partial charge in [-0.25, -0.2) is 4.79 Å².